The van der Waals surface area contributed by atoms with Crippen molar-refractivity contribution >= 4 is 29.0 Å². The summed E-state index contributed by atoms with van der Waals surface area (Å²) in [6, 6.07) is 9.50. The molecule has 1 aliphatic rings. The molecule has 0 spiro atoms. The van der Waals surface area contributed by atoms with Crippen LogP contribution in [-0.2, 0) is 19.6 Å². The van der Waals surface area contributed by atoms with E-state index >= 15 is 0 Å². The lowest BCUT2D eigenvalue weighted by molar-refractivity contribution is 0.295. The molecule has 1 aliphatic heterocycles. The molecule has 0 amide bonds. The molecule has 4 rings (SSSR count). The molecular formula is C23H21Cl2N5O. The smallest absolute Gasteiger partial charge is 0.258 e. The summed E-state index contributed by atoms with van der Waals surface area (Å²) in [7, 11) is 2.12. The highest BCUT2D eigenvalue weighted by atomic mass is 35.5. The molecule has 0 aliphatic carbocycles. The van der Waals surface area contributed by atoms with Crippen molar-refractivity contribution in [2.45, 2.75) is 26.5 Å². The molecular weight excluding hydrogens is 433 g/mol. The number of ether oxygens (including phenoxy) is 1. The van der Waals surface area contributed by atoms with Crippen molar-refractivity contribution in [3.05, 3.63) is 68.3 Å². The van der Waals surface area contributed by atoms with E-state index < -0.39 is 0 Å². The first-order valence-electron chi connectivity index (χ1n) is 9.81. The van der Waals surface area contributed by atoms with Gasteiger partial charge in [-0.05, 0) is 61.3 Å². The minimum absolute atomic E-state index is 0.0174. The van der Waals surface area contributed by atoms with E-state index in [1.165, 1.54) is 16.7 Å². The van der Waals surface area contributed by atoms with Crippen LogP contribution in [0.1, 0.15) is 27.8 Å². The van der Waals surface area contributed by atoms with Crippen molar-refractivity contribution in [2.24, 2.45) is 0 Å². The molecule has 2 aromatic carbocycles. The fourth-order valence-electron chi connectivity index (χ4n) is 3.79. The summed E-state index contributed by atoms with van der Waals surface area (Å²) in [4.78, 5) is 11.2. The molecule has 8 heteroatoms. The van der Waals surface area contributed by atoms with E-state index in [-0.39, 0.29) is 23.3 Å². The minimum Gasteiger partial charge on any atom is -0.470 e. The van der Waals surface area contributed by atoms with Crippen LogP contribution in [0.25, 0.3) is 11.3 Å². The minimum atomic E-state index is 0.0174. The number of fused-ring (bicyclic) bond motifs is 1. The van der Waals surface area contributed by atoms with Crippen LogP contribution in [0, 0.1) is 18.3 Å². The van der Waals surface area contributed by atoms with Gasteiger partial charge in [0.1, 0.15) is 12.7 Å². The number of halogens is 2. The highest BCUT2D eigenvalue weighted by molar-refractivity contribution is 6.36. The standard InChI is InChI=1S/C23H21Cl2N5O/c1-13-7-15(8-16-11-30(2)6-5-17(13)16)20-10-28-22(27)23(29-20)31-12-18-19(24)4-3-14(9-26)21(18)25/h3-4,7-8,10H,5-6,11-12H2,1-2H3,(H2,27,28). The van der Waals surface area contributed by atoms with E-state index in [9.17, 15) is 5.26 Å². The zero-order valence-corrected chi connectivity index (χ0v) is 18.8. The van der Waals surface area contributed by atoms with E-state index in [2.05, 4.69) is 41.0 Å². The maximum absolute atomic E-state index is 9.18. The van der Waals surface area contributed by atoms with E-state index in [1.807, 2.05) is 6.07 Å². The van der Waals surface area contributed by atoms with Gasteiger partial charge in [0.05, 0.1) is 22.5 Å². The van der Waals surface area contributed by atoms with Gasteiger partial charge in [0.2, 0.25) is 0 Å². The highest BCUT2D eigenvalue weighted by Crippen LogP contribution is 2.32. The number of rotatable bonds is 4. The van der Waals surface area contributed by atoms with Crippen LogP contribution in [0.4, 0.5) is 5.82 Å². The number of nitrogens with two attached hydrogens (primary N) is 1. The molecule has 158 valence electrons. The van der Waals surface area contributed by atoms with Crippen LogP contribution in [0.3, 0.4) is 0 Å². The predicted molar refractivity (Wildman–Crippen MR) is 122 cm³/mol. The number of anilines is 1. The number of benzene rings is 2. The normalized spacial score (nSPS) is 13.5. The Morgan fingerprint density at radius 1 is 1.29 bits per heavy atom. The van der Waals surface area contributed by atoms with E-state index in [4.69, 9.17) is 33.7 Å². The molecule has 3 aromatic rings. The summed E-state index contributed by atoms with van der Waals surface area (Å²) in [6.07, 6.45) is 2.69. The first-order chi connectivity index (χ1) is 14.9. The summed E-state index contributed by atoms with van der Waals surface area (Å²) in [5.74, 6) is 0.362. The van der Waals surface area contributed by atoms with Crippen molar-refractivity contribution in [1.82, 2.24) is 14.9 Å². The molecule has 0 atom stereocenters. The number of nitrogens with zero attached hydrogens (tertiary/aromatic N) is 4. The quantitative estimate of drug-likeness (QED) is 0.611. The molecule has 0 saturated heterocycles. The lowest BCUT2D eigenvalue weighted by atomic mass is 9.92. The average Bonchev–Trinajstić information content (AvgIpc) is 2.74. The SMILES string of the molecule is Cc1cc(-c2cnc(N)c(OCc3c(Cl)ccc(C#N)c3Cl)n2)cc2c1CCN(C)C2. The molecule has 0 unspecified atom stereocenters. The Morgan fingerprint density at radius 3 is 2.87 bits per heavy atom. The second-order valence-electron chi connectivity index (χ2n) is 7.65. The molecule has 2 N–H and O–H groups in total. The number of aryl methyl sites for hydroxylation is 1. The topological polar surface area (TPSA) is 88.1 Å². The summed E-state index contributed by atoms with van der Waals surface area (Å²) in [6.45, 7) is 4.11. The van der Waals surface area contributed by atoms with Crippen molar-refractivity contribution in [3.63, 3.8) is 0 Å². The van der Waals surface area contributed by atoms with Gasteiger partial charge in [-0.3, -0.25) is 0 Å². The second-order valence-corrected chi connectivity index (χ2v) is 8.44. The van der Waals surface area contributed by atoms with Crippen molar-refractivity contribution in [3.8, 4) is 23.2 Å². The molecule has 0 radical (unpaired) electrons. The van der Waals surface area contributed by atoms with Gasteiger partial charge in [-0.15, -0.1) is 0 Å². The lowest BCUT2D eigenvalue weighted by Crippen LogP contribution is -2.27. The summed E-state index contributed by atoms with van der Waals surface area (Å²) >= 11 is 12.5. The Morgan fingerprint density at radius 2 is 2.10 bits per heavy atom. The Kier molecular flexibility index (Phi) is 6.01. The maximum atomic E-state index is 9.18. The second kappa shape index (κ2) is 8.72. The van der Waals surface area contributed by atoms with Gasteiger partial charge >= 0.3 is 0 Å². The van der Waals surface area contributed by atoms with Gasteiger partial charge in [0, 0.05) is 29.2 Å². The predicted octanol–water partition coefficient (Wildman–Crippen LogP) is 4.78. The number of hydrogen-bond donors (Lipinski definition) is 1. The largest absolute Gasteiger partial charge is 0.470 e. The third kappa shape index (κ3) is 4.31. The van der Waals surface area contributed by atoms with Crippen LogP contribution < -0.4 is 10.5 Å². The number of hydrogen-bond acceptors (Lipinski definition) is 6. The lowest BCUT2D eigenvalue weighted by Gasteiger charge is -2.27. The van der Waals surface area contributed by atoms with Gasteiger partial charge in [-0.2, -0.15) is 5.26 Å². The molecule has 2 heterocycles. The highest BCUT2D eigenvalue weighted by Gasteiger charge is 2.18. The van der Waals surface area contributed by atoms with Gasteiger partial charge in [-0.25, -0.2) is 9.97 Å². The first kappa shape index (κ1) is 21.4. The van der Waals surface area contributed by atoms with Crippen molar-refractivity contribution in [2.75, 3.05) is 19.3 Å². The maximum Gasteiger partial charge on any atom is 0.258 e. The molecule has 6 nitrogen and oxygen atoms in total. The monoisotopic (exact) mass is 453 g/mol. The summed E-state index contributed by atoms with van der Waals surface area (Å²) in [5, 5.41) is 9.85. The van der Waals surface area contributed by atoms with Crippen LogP contribution in [0.2, 0.25) is 10.0 Å². The van der Waals surface area contributed by atoms with E-state index in [1.54, 1.807) is 18.3 Å². The fraction of sp³-hybridized carbons (Fsp3) is 0.261. The van der Waals surface area contributed by atoms with Crippen LogP contribution in [-0.4, -0.2) is 28.5 Å². The number of nitrogen functional groups attached to an aromatic ring is 1. The Hall–Kier alpha value is -2.85. The average molecular weight is 454 g/mol. The van der Waals surface area contributed by atoms with Crippen LogP contribution in [0.5, 0.6) is 5.88 Å². The summed E-state index contributed by atoms with van der Waals surface area (Å²) in [5.41, 5.74) is 12.4. The van der Waals surface area contributed by atoms with E-state index in [0.717, 1.165) is 25.1 Å². The van der Waals surface area contributed by atoms with Gasteiger partial charge < -0.3 is 15.4 Å². The molecule has 1 aromatic heterocycles. The number of likely N-dealkylation sites (N-methyl/N-ethyl adjacent to an activating group) is 1. The van der Waals surface area contributed by atoms with Crippen molar-refractivity contribution in [1.29, 1.82) is 5.26 Å². The van der Waals surface area contributed by atoms with E-state index in [0.29, 0.717) is 21.8 Å². The molecule has 0 fully saturated rings. The number of aromatic nitrogens is 2. The van der Waals surface area contributed by atoms with Crippen molar-refractivity contribution < 1.29 is 4.74 Å². The Labute approximate surface area is 191 Å². The zero-order valence-electron chi connectivity index (χ0n) is 17.2. The van der Waals surface area contributed by atoms with Crippen LogP contribution in [0.15, 0.2) is 30.5 Å². The molecule has 0 bridgehead atoms. The molecule has 0 saturated carbocycles. The van der Waals surface area contributed by atoms with Gasteiger partial charge in [-0.1, -0.05) is 23.2 Å². The number of nitriles is 1. The van der Waals surface area contributed by atoms with Crippen LogP contribution >= 0.6 is 23.2 Å². The fourth-order valence-corrected chi connectivity index (χ4v) is 4.31. The summed E-state index contributed by atoms with van der Waals surface area (Å²) < 4.78 is 5.82. The third-order valence-electron chi connectivity index (χ3n) is 5.47. The first-order valence-corrected chi connectivity index (χ1v) is 10.6. The zero-order chi connectivity index (χ0) is 22.1. The third-order valence-corrected chi connectivity index (χ3v) is 6.26. The van der Waals surface area contributed by atoms with Gasteiger partial charge in [0.15, 0.2) is 5.82 Å². The van der Waals surface area contributed by atoms with Gasteiger partial charge in [0.25, 0.3) is 5.88 Å². The Bertz CT molecular complexity index is 1210. The Balaban J connectivity index is 1.64. The molecule has 31 heavy (non-hydrogen) atoms.